The second-order valence-corrected chi connectivity index (χ2v) is 15.1. The summed E-state index contributed by atoms with van der Waals surface area (Å²) in [6, 6.07) is 70.1. The Morgan fingerprint density at radius 1 is 0.370 bits per heavy atom. The second-order valence-electron chi connectivity index (χ2n) is 14.1. The smallest absolute Gasteiger partial charge is 0.161 e. The van der Waals surface area contributed by atoms with Crippen molar-refractivity contribution >= 4 is 22.5 Å². The highest BCUT2D eigenvalue weighted by atomic mass is 32.2. The normalized spacial score (nSPS) is 13.3. The maximum absolute atomic E-state index is 5.45. The highest BCUT2D eigenvalue weighted by Crippen LogP contribution is 2.63. The van der Waals surface area contributed by atoms with Gasteiger partial charge in [-0.15, -0.1) is 0 Å². The highest BCUT2D eigenvalue weighted by Gasteiger charge is 2.50. The van der Waals surface area contributed by atoms with Crippen molar-refractivity contribution in [3.05, 3.63) is 216 Å². The zero-order valence-electron chi connectivity index (χ0n) is 29.3. The molecule has 0 unspecified atom stereocenters. The van der Waals surface area contributed by atoms with Crippen molar-refractivity contribution in [2.45, 2.75) is 15.2 Å². The van der Waals surface area contributed by atoms with Crippen LogP contribution < -0.4 is 0 Å². The van der Waals surface area contributed by atoms with Gasteiger partial charge in [-0.3, -0.25) is 0 Å². The second kappa shape index (κ2) is 12.3. The molecule has 9 aromatic rings. The third kappa shape index (κ3) is 4.62. The summed E-state index contributed by atoms with van der Waals surface area (Å²) < 4.78 is 0. The van der Waals surface area contributed by atoms with E-state index in [2.05, 4.69) is 194 Å². The van der Waals surface area contributed by atoms with Crippen LogP contribution in [-0.4, -0.2) is 9.97 Å². The summed E-state index contributed by atoms with van der Waals surface area (Å²) in [5.74, 6) is 0.720. The molecule has 1 aliphatic carbocycles. The third-order valence-corrected chi connectivity index (χ3v) is 12.3. The molecule has 11 rings (SSSR count). The van der Waals surface area contributed by atoms with Crippen LogP contribution in [0.4, 0.5) is 0 Å². The molecule has 1 spiro atoms. The average molecular weight is 705 g/mol. The Hall–Kier alpha value is -6.55. The van der Waals surface area contributed by atoms with Gasteiger partial charge in [-0.05, 0) is 79.5 Å². The van der Waals surface area contributed by atoms with E-state index in [4.69, 9.17) is 9.97 Å². The number of hydrogen-bond acceptors (Lipinski definition) is 3. The maximum Gasteiger partial charge on any atom is 0.161 e. The minimum atomic E-state index is -0.465. The van der Waals surface area contributed by atoms with E-state index in [-0.39, 0.29) is 0 Å². The molecule has 2 heterocycles. The molecule has 1 aromatic heterocycles. The quantitative estimate of drug-likeness (QED) is 0.182. The van der Waals surface area contributed by atoms with Gasteiger partial charge in [0, 0.05) is 26.5 Å². The van der Waals surface area contributed by atoms with Crippen LogP contribution in [0.3, 0.4) is 0 Å². The Labute approximate surface area is 318 Å². The van der Waals surface area contributed by atoms with Gasteiger partial charge in [0.2, 0.25) is 0 Å². The molecule has 0 radical (unpaired) electrons. The zero-order valence-corrected chi connectivity index (χ0v) is 30.1. The number of benzene rings is 8. The monoisotopic (exact) mass is 704 g/mol. The first kappa shape index (κ1) is 31.0. The molecule has 0 bridgehead atoms. The summed E-state index contributed by atoms with van der Waals surface area (Å²) in [7, 11) is 0. The summed E-state index contributed by atoms with van der Waals surface area (Å²) in [6.45, 7) is 0. The zero-order chi connectivity index (χ0) is 35.6. The van der Waals surface area contributed by atoms with Crippen molar-refractivity contribution in [2.24, 2.45) is 0 Å². The fraction of sp³-hybridized carbons (Fsp3) is 0.0196. The van der Waals surface area contributed by atoms with Gasteiger partial charge >= 0.3 is 0 Å². The van der Waals surface area contributed by atoms with Crippen molar-refractivity contribution in [2.75, 3.05) is 0 Å². The van der Waals surface area contributed by atoms with Gasteiger partial charge in [0.15, 0.2) is 5.82 Å². The molecule has 1 aliphatic heterocycles. The standard InChI is InChI=1S/C51H32N2S/c1-2-16-34(17-3-1)45-32-46(36-20-12-19-35(31-36)38-23-13-18-33-15-4-5-21-37(33)38)53-50(52-45)40-24-14-28-44-49(40)39-22-6-7-25-41(39)51(44)42-26-8-10-29-47(42)54-48-30-11-9-27-43(48)51/h1-32H. The van der Waals surface area contributed by atoms with Crippen molar-refractivity contribution in [3.63, 3.8) is 0 Å². The van der Waals surface area contributed by atoms with Crippen molar-refractivity contribution in [3.8, 4) is 56.2 Å². The number of nitrogens with zero attached hydrogens (tertiary/aromatic N) is 2. The van der Waals surface area contributed by atoms with Gasteiger partial charge in [-0.25, -0.2) is 9.97 Å². The van der Waals surface area contributed by atoms with Crippen molar-refractivity contribution < 1.29 is 0 Å². The topological polar surface area (TPSA) is 25.8 Å². The lowest BCUT2D eigenvalue weighted by Crippen LogP contribution is -2.31. The van der Waals surface area contributed by atoms with Gasteiger partial charge in [0.05, 0.1) is 16.8 Å². The van der Waals surface area contributed by atoms with Crippen LogP contribution in [0.1, 0.15) is 22.3 Å². The first-order chi connectivity index (χ1) is 26.8. The van der Waals surface area contributed by atoms with Gasteiger partial charge in [0.1, 0.15) is 0 Å². The summed E-state index contributed by atoms with van der Waals surface area (Å²) in [5.41, 5.74) is 14.5. The molecule has 2 nitrogen and oxygen atoms in total. The SMILES string of the molecule is c1ccc(-c2cc(-c3cccc(-c4cccc5ccccc45)c3)nc(-c3cccc4c3-c3ccccc3C43c4ccccc4Sc4ccccc43)n2)cc1. The first-order valence-electron chi connectivity index (χ1n) is 18.4. The molecule has 0 saturated carbocycles. The Bertz CT molecular complexity index is 2880. The molecule has 0 fully saturated rings. The van der Waals surface area contributed by atoms with Crippen LogP contribution in [0.25, 0.3) is 66.9 Å². The number of rotatable bonds is 4. The van der Waals surface area contributed by atoms with E-state index in [9.17, 15) is 0 Å². The number of hydrogen-bond donors (Lipinski definition) is 0. The summed E-state index contributed by atoms with van der Waals surface area (Å²) >= 11 is 1.87. The minimum absolute atomic E-state index is 0.465. The van der Waals surface area contributed by atoms with E-state index < -0.39 is 5.41 Å². The molecule has 54 heavy (non-hydrogen) atoms. The van der Waals surface area contributed by atoms with Crippen LogP contribution in [0.2, 0.25) is 0 Å². The Balaban J connectivity index is 1.16. The predicted molar refractivity (Wildman–Crippen MR) is 223 cm³/mol. The molecule has 0 saturated heterocycles. The molecular weight excluding hydrogens is 673 g/mol. The Morgan fingerprint density at radius 3 is 1.72 bits per heavy atom. The van der Waals surface area contributed by atoms with Crippen LogP contribution >= 0.6 is 11.8 Å². The van der Waals surface area contributed by atoms with E-state index in [1.54, 1.807) is 0 Å². The van der Waals surface area contributed by atoms with E-state index in [1.807, 2.05) is 11.8 Å². The van der Waals surface area contributed by atoms with Gasteiger partial charge in [-0.1, -0.05) is 182 Å². The first-order valence-corrected chi connectivity index (χ1v) is 19.2. The fourth-order valence-electron chi connectivity index (χ4n) is 8.88. The van der Waals surface area contributed by atoms with E-state index in [0.717, 1.165) is 39.5 Å². The molecule has 252 valence electrons. The van der Waals surface area contributed by atoms with Crippen molar-refractivity contribution in [1.82, 2.24) is 9.97 Å². The summed E-state index contributed by atoms with van der Waals surface area (Å²) in [6.07, 6.45) is 0. The lowest BCUT2D eigenvalue weighted by atomic mass is 9.67. The average Bonchev–Trinajstić information content (AvgIpc) is 3.54. The fourth-order valence-corrected chi connectivity index (χ4v) is 10.1. The molecule has 2 aliphatic rings. The van der Waals surface area contributed by atoms with E-state index in [1.165, 1.54) is 59.5 Å². The van der Waals surface area contributed by atoms with Crippen LogP contribution in [0.15, 0.2) is 204 Å². The number of aromatic nitrogens is 2. The highest BCUT2D eigenvalue weighted by molar-refractivity contribution is 7.99. The lowest BCUT2D eigenvalue weighted by molar-refractivity contribution is 0.722. The van der Waals surface area contributed by atoms with Crippen LogP contribution in [0, 0.1) is 0 Å². The summed E-state index contributed by atoms with van der Waals surface area (Å²) in [4.78, 5) is 13.4. The largest absolute Gasteiger partial charge is 0.228 e. The predicted octanol–water partition coefficient (Wildman–Crippen LogP) is 13.1. The minimum Gasteiger partial charge on any atom is -0.228 e. The maximum atomic E-state index is 5.45. The summed E-state index contributed by atoms with van der Waals surface area (Å²) in [5, 5.41) is 2.47. The molecule has 0 amide bonds. The molecular formula is C51H32N2S. The van der Waals surface area contributed by atoms with E-state index >= 15 is 0 Å². The lowest BCUT2D eigenvalue weighted by Gasteiger charge is -2.39. The van der Waals surface area contributed by atoms with Gasteiger partial charge in [0.25, 0.3) is 0 Å². The number of fused-ring (bicyclic) bond motifs is 10. The third-order valence-electron chi connectivity index (χ3n) is 11.2. The molecule has 0 N–H and O–H groups in total. The van der Waals surface area contributed by atoms with Gasteiger partial charge < -0.3 is 0 Å². The van der Waals surface area contributed by atoms with E-state index in [0.29, 0.717) is 0 Å². The Morgan fingerprint density at radius 2 is 0.907 bits per heavy atom. The molecule has 8 aromatic carbocycles. The van der Waals surface area contributed by atoms with Crippen molar-refractivity contribution in [1.29, 1.82) is 0 Å². The van der Waals surface area contributed by atoms with Crippen LogP contribution in [0.5, 0.6) is 0 Å². The molecule has 0 atom stereocenters. The molecule has 3 heteroatoms. The Kier molecular flexibility index (Phi) is 7.05. The van der Waals surface area contributed by atoms with Crippen LogP contribution in [-0.2, 0) is 5.41 Å². The van der Waals surface area contributed by atoms with Gasteiger partial charge in [-0.2, -0.15) is 0 Å².